The highest BCUT2D eigenvalue weighted by atomic mass is 16.6. The second-order valence-corrected chi connectivity index (χ2v) is 4.90. The third-order valence-corrected chi connectivity index (χ3v) is 3.45. The van der Waals surface area contributed by atoms with Crippen molar-refractivity contribution >= 4 is 5.97 Å². The summed E-state index contributed by atoms with van der Waals surface area (Å²) in [5.74, 6) is -0.444. The highest BCUT2D eigenvalue weighted by Gasteiger charge is 2.35. The van der Waals surface area contributed by atoms with E-state index in [9.17, 15) is 15.0 Å². The van der Waals surface area contributed by atoms with E-state index in [2.05, 4.69) is 0 Å². The largest absolute Gasteiger partial charge is 0.508 e. The molecule has 2 aromatic rings. The fourth-order valence-corrected chi connectivity index (χ4v) is 2.33. The molecule has 1 heterocycles. The van der Waals surface area contributed by atoms with Gasteiger partial charge in [-0.3, -0.25) is 0 Å². The van der Waals surface area contributed by atoms with Crippen LogP contribution in [0.1, 0.15) is 17.2 Å². The minimum absolute atomic E-state index is 0.0606. The van der Waals surface area contributed by atoms with E-state index >= 15 is 0 Å². The number of hydrogen-bond donors (Lipinski definition) is 2. The van der Waals surface area contributed by atoms with Crippen molar-refractivity contribution in [1.29, 1.82) is 0 Å². The van der Waals surface area contributed by atoms with Gasteiger partial charge in [-0.05, 0) is 17.7 Å². The number of aromatic hydroxyl groups is 1. The van der Waals surface area contributed by atoms with Crippen LogP contribution in [0.15, 0.2) is 65.9 Å². The van der Waals surface area contributed by atoms with Gasteiger partial charge in [-0.15, -0.1) is 0 Å². The van der Waals surface area contributed by atoms with Crippen LogP contribution in [0.4, 0.5) is 0 Å². The number of ether oxygens (including phenoxy) is 1. The van der Waals surface area contributed by atoms with Crippen LogP contribution in [0, 0.1) is 0 Å². The van der Waals surface area contributed by atoms with Crippen molar-refractivity contribution in [3.63, 3.8) is 0 Å². The molecular formula is C17H14O4. The molecule has 0 radical (unpaired) electrons. The zero-order valence-corrected chi connectivity index (χ0v) is 11.2. The Hall–Kier alpha value is -2.75. The lowest BCUT2D eigenvalue weighted by atomic mass is 10.0. The normalized spacial score (nSPS) is 17.9. The van der Waals surface area contributed by atoms with Gasteiger partial charge in [0.15, 0.2) is 6.10 Å². The molecule has 1 aliphatic rings. The summed E-state index contributed by atoms with van der Waals surface area (Å²) >= 11 is 0. The summed E-state index contributed by atoms with van der Waals surface area (Å²) in [4.78, 5) is 12.0. The van der Waals surface area contributed by atoms with Gasteiger partial charge in [0.1, 0.15) is 11.5 Å². The third-order valence-electron chi connectivity index (χ3n) is 3.45. The van der Waals surface area contributed by atoms with Gasteiger partial charge in [0.2, 0.25) is 0 Å². The molecule has 4 nitrogen and oxygen atoms in total. The molecule has 0 aromatic heterocycles. The number of cyclic esters (lactones) is 1. The standard InChI is InChI=1S/C17H14O4/c18-13-8-6-12(7-9-13)16-15(19)14(17(20)21-16)10-11-4-2-1-3-5-11/h1-9,16,18-19H,10H2/t16-/m0/s1. The number of rotatable bonds is 3. The number of carbonyl (C=O) groups is 1. The van der Waals surface area contributed by atoms with Crippen molar-refractivity contribution in [3.05, 3.63) is 77.1 Å². The Labute approximate surface area is 121 Å². The molecule has 0 aliphatic carbocycles. The molecule has 21 heavy (non-hydrogen) atoms. The Balaban J connectivity index is 1.89. The molecule has 4 heteroatoms. The van der Waals surface area contributed by atoms with E-state index in [-0.39, 0.29) is 17.1 Å². The van der Waals surface area contributed by atoms with Crippen LogP contribution in [0.3, 0.4) is 0 Å². The lowest BCUT2D eigenvalue weighted by Crippen LogP contribution is -2.04. The van der Waals surface area contributed by atoms with Crippen molar-refractivity contribution in [1.82, 2.24) is 0 Å². The summed E-state index contributed by atoms with van der Waals surface area (Å²) in [7, 11) is 0. The third kappa shape index (κ3) is 2.60. The van der Waals surface area contributed by atoms with E-state index in [1.165, 1.54) is 12.1 Å². The first-order chi connectivity index (χ1) is 10.1. The Morgan fingerprint density at radius 1 is 0.952 bits per heavy atom. The average molecular weight is 282 g/mol. The van der Waals surface area contributed by atoms with E-state index in [1.54, 1.807) is 12.1 Å². The average Bonchev–Trinajstić information content (AvgIpc) is 2.77. The molecule has 0 saturated heterocycles. The zero-order chi connectivity index (χ0) is 14.8. The van der Waals surface area contributed by atoms with E-state index in [0.29, 0.717) is 12.0 Å². The molecule has 0 amide bonds. The van der Waals surface area contributed by atoms with E-state index in [4.69, 9.17) is 4.74 Å². The molecule has 1 atom stereocenters. The highest BCUT2D eigenvalue weighted by molar-refractivity contribution is 5.92. The van der Waals surface area contributed by atoms with Crippen LogP contribution in [0.5, 0.6) is 5.75 Å². The van der Waals surface area contributed by atoms with Gasteiger partial charge in [-0.1, -0.05) is 42.5 Å². The first kappa shape index (κ1) is 13.2. The van der Waals surface area contributed by atoms with Gasteiger partial charge < -0.3 is 14.9 Å². The molecule has 2 N–H and O–H groups in total. The summed E-state index contributed by atoms with van der Waals surface area (Å²) < 4.78 is 5.24. The number of phenolic OH excluding ortho intramolecular Hbond substituents is 1. The van der Waals surface area contributed by atoms with Gasteiger partial charge in [0.25, 0.3) is 0 Å². The smallest absolute Gasteiger partial charge is 0.338 e. The van der Waals surface area contributed by atoms with Crippen LogP contribution >= 0.6 is 0 Å². The topological polar surface area (TPSA) is 66.8 Å². The van der Waals surface area contributed by atoms with E-state index in [0.717, 1.165) is 5.56 Å². The van der Waals surface area contributed by atoms with Gasteiger partial charge in [0.05, 0.1) is 5.57 Å². The maximum atomic E-state index is 12.0. The first-order valence-electron chi connectivity index (χ1n) is 6.61. The number of phenols is 1. The predicted octanol–water partition coefficient (Wildman–Crippen LogP) is 3.04. The lowest BCUT2D eigenvalue weighted by Gasteiger charge is -2.10. The molecule has 0 fully saturated rings. The molecular weight excluding hydrogens is 268 g/mol. The Morgan fingerprint density at radius 2 is 1.62 bits per heavy atom. The van der Waals surface area contributed by atoms with Crippen LogP contribution in [0.25, 0.3) is 0 Å². The lowest BCUT2D eigenvalue weighted by molar-refractivity contribution is -0.140. The van der Waals surface area contributed by atoms with Crippen molar-refractivity contribution in [2.75, 3.05) is 0 Å². The molecule has 1 aliphatic heterocycles. The Morgan fingerprint density at radius 3 is 2.29 bits per heavy atom. The summed E-state index contributed by atoms with van der Waals surface area (Å²) in [6, 6.07) is 15.7. The number of carbonyl (C=O) groups excluding carboxylic acids is 1. The minimum atomic E-state index is -0.795. The van der Waals surface area contributed by atoms with Crippen molar-refractivity contribution in [2.24, 2.45) is 0 Å². The summed E-state index contributed by atoms with van der Waals surface area (Å²) in [5.41, 5.74) is 1.84. The number of hydrogen-bond acceptors (Lipinski definition) is 4. The van der Waals surface area contributed by atoms with Crippen LogP contribution in [-0.2, 0) is 16.0 Å². The summed E-state index contributed by atoms with van der Waals surface area (Å²) in [6.07, 6.45) is -0.461. The maximum Gasteiger partial charge on any atom is 0.338 e. The second kappa shape index (κ2) is 5.32. The monoisotopic (exact) mass is 282 g/mol. The molecule has 3 rings (SSSR count). The summed E-state index contributed by atoms with van der Waals surface area (Å²) in [5, 5.41) is 19.6. The number of benzene rings is 2. The Kier molecular flexibility index (Phi) is 3.36. The van der Waals surface area contributed by atoms with Gasteiger partial charge in [-0.25, -0.2) is 4.79 Å². The van der Waals surface area contributed by atoms with Crippen molar-refractivity contribution < 1.29 is 19.7 Å². The van der Waals surface area contributed by atoms with E-state index in [1.807, 2.05) is 30.3 Å². The fraction of sp³-hybridized carbons (Fsp3) is 0.118. The predicted molar refractivity (Wildman–Crippen MR) is 76.7 cm³/mol. The number of esters is 1. The van der Waals surface area contributed by atoms with Crippen LogP contribution in [0.2, 0.25) is 0 Å². The Bertz CT molecular complexity index is 686. The molecule has 0 saturated carbocycles. The SMILES string of the molecule is O=C1O[C@@H](c2ccc(O)cc2)C(O)=C1Cc1ccccc1. The maximum absolute atomic E-state index is 12.0. The van der Waals surface area contributed by atoms with Gasteiger partial charge >= 0.3 is 5.97 Å². The number of aliphatic hydroxyl groups is 1. The molecule has 106 valence electrons. The van der Waals surface area contributed by atoms with Crippen LogP contribution in [-0.4, -0.2) is 16.2 Å². The molecule has 2 aromatic carbocycles. The van der Waals surface area contributed by atoms with Crippen LogP contribution < -0.4 is 0 Å². The summed E-state index contributed by atoms with van der Waals surface area (Å²) in [6.45, 7) is 0. The second-order valence-electron chi connectivity index (χ2n) is 4.90. The quantitative estimate of drug-likeness (QED) is 0.849. The zero-order valence-electron chi connectivity index (χ0n) is 11.2. The van der Waals surface area contributed by atoms with Gasteiger partial charge in [-0.2, -0.15) is 0 Å². The van der Waals surface area contributed by atoms with Gasteiger partial charge in [0, 0.05) is 12.0 Å². The fourth-order valence-electron chi connectivity index (χ4n) is 2.33. The van der Waals surface area contributed by atoms with Crippen molar-refractivity contribution in [3.8, 4) is 5.75 Å². The minimum Gasteiger partial charge on any atom is -0.508 e. The van der Waals surface area contributed by atoms with E-state index < -0.39 is 12.1 Å². The molecule has 0 spiro atoms. The highest BCUT2D eigenvalue weighted by Crippen LogP contribution is 2.35. The first-order valence-corrected chi connectivity index (χ1v) is 6.61. The number of aliphatic hydroxyl groups excluding tert-OH is 1. The molecule has 0 bridgehead atoms. The van der Waals surface area contributed by atoms with Crippen molar-refractivity contribution in [2.45, 2.75) is 12.5 Å². The molecule has 0 unspecified atom stereocenters.